The number of hydrogen-bond acceptors (Lipinski definition) is 3. The van der Waals surface area contributed by atoms with Crippen molar-refractivity contribution in [2.45, 2.75) is 37.8 Å². The minimum atomic E-state index is 0.157. The zero-order valence-corrected chi connectivity index (χ0v) is 9.26. The Hall–Kier alpha value is -0.220. The SMILES string of the molecule is NCC(=O)N(C1CCSCC1)C1CC1. The number of nitrogens with zero attached hydrogens (tertiary/aromatic N) is 1. The lowest BCUT2D eigenvalue weighted by molar-refractivity contribution is -0.132. The quantitative estimate of drug-likeness (QED) is 0.757. The van der Waals surface area contributed by atoms with Crippen LogP contribution in [-0.4, -0.2) is 40.9 Å². The van der Waals surface area contributed by atoms with E-state index in [9.17, 15) is 4.79 Å². The third-order valence-electron chi connectivity index (χ3n) is 2.99. The van der Waals surface area contributed by atoms with Crippen LogP contribution in [0.15, 0.2) is 0 Å². The maximum atomic E-state index is 11.7. The predicted octanol–water partition coefficient (Wildman–Crippen LogP) is 0.832. The fourth-order valence-corrected chi connectivity index (χ4v) is 3.21. The summed E-state index contributed by atoms with van der Waals surface area (Å²) in [5.74, 6) is 2.56. The molecule has 0 bridgehead atoms. The summed E-state index contributed by atoms with van der Waals surface area (Å²) in [6.45, 7) is 0.181. The van der Waals surface area contributed by atoms with Crippen molar-refractivity contribution in [1.82, 2.24) is 4.90 Å². The number of rotatable bonds is 3. The summed E-state index contributed by atoms with van der Waals surface area (Å²) in [5.41, 5.74) is 5.45. The van der Waals surface area contributed by atoms with E-state index >= 15 is 0 Å². The highest BCUT2D eigenvalue weighted by atomic mass is 32.2. The molecular formula is C10H18N2OS. The van der Waals surface area contributed by atoms with Crippen molar-refractivity contribution in [3.8, 4) is 0 Å². The van der Waals surface area contributed by atoms with Gasteiger partial charge in [0.05, 0.1) is 6.54 Å². The van der Waals surface area contributed by atoms with Gasteiger partial charge in [-0.1, -0.05) is 0 Å². The van der Waals surface area contributed by atoms with Crippen molar-refractivity contribution in [2.75, 3.05) is 18.1 Å². The Labute approximate surface area is 89.4 Å². The molecule has 2 aliphatic rings. The number of hydrogen-bond donors (Lipinski definition) is 1. The highest BCUT2D eigenvalue weighted by Crippen LogP contribution is 2.33. The van der Waals surface area contributed by atoms with Gasteiger partial charge in [-0.15, -0.1) is 0 Å². The third kappa shape index (κ3) is 2.23. The largest absolute Gasteiger partial charge is 0.336 e. The second-order valence-electron chi connectivity index (χ2n) is 4.08. The molecule has 0 unspecified atom stereocenters. The molecule has 1 saturated carbocycles. The molecule has 1 saturated heterocycles. The van der Waals surface area contributed by atoms with E-state index in [0.29, 0.717) is 12.1 Å². The Morgan fingerprint density at radius 1 is 1.21 bits per heavy atom. The van der Waals surface area contributed by atoms with Gasteiger partial charge >= 0.3 is 0 Å². The first-order chi connectivity index (χ1) is 6.83. The molecule has 2 fully saturated rings. The smallest absolute Gasteiger partial charge is 0.236 e. The Balaban J connectivity index is 1.97. The molecule has 14 heavy (non-hydrogen) atoms. The van der Waals surface area contributed by atoms with Gasteiger partial charge in [-0.2, -0.15) is 11.8 Å². The molecule has 1 aliphatic carbocycles. The van der Waals surface area contributed by atoms with Crippen LogP contribution >= 0.6 is 11.8 Å². The Morgan fingerprint density at radius 2 is 1.79 bits per heavy atom. The minimum absolute atomic E-state index is 0.157. The van der Waals surface area contributed by atoms with Gasteiger partial charge in [0.1, 0.15) is 0 Å². The highest BCUT2D eigenvalue weighted by molar-refractivity contribution is 7.99. The maximum absolute atomic E-state index is 11.7. The number of carbonyl (C=O) groups is 1. The van der Waals surface area contributed by atoms with Gasteiger partial charge in [0.15, 0.2) is 0 Å². The average Bonchev–Trinajstić information content (AvgIpc) is 3.04. The normalized spacial score (nSPS) is 23.5. The van der Waals surface area contributed by atoms with Crippen LogP contribution in [0.4, 0.5) is 0 Å². The van der Waals surface area contributed by atoms with Crippen LogP contribution in [0.25, 0.3) is 0 Å². The topological polar surface area (TPSA) is 46.3 Å². The Morgan fingerprint density at radius 3 is 2.29 bits per heavy atom. The van der Waals surface area contributed by atoms with Crippen molar-refractivity contribution in [2.24, 2.45) is 5.73 Å². The van der Waals surface area contributed by atoms with E-state index in [4.69, 9.17) is 5.73 Å². The Kier molecular flexibility index (Phi) is 3.34. The van der Waals surface area contributed by atoms with Crippen molar-refractivity contribution >= 4 is 17.7 Å². The van der Waals surface area contributed by atoms with Crippen LogP contribution in [-0.2, 0) is 4.79 Å². The molecule has 1 heterocycles. The van der Waals surface area contributed by atoms with Crippen LogP contribution in [0.5, 0.6) is 0 Å². The monoisotopic (exact) mass is 214 g/mol. The molecular weight excluding hydrogens is 196 g/mol. The fraction of sp³-hybridized carbons (Fsp3) is 0.900. The molecule has 3 nitrogen and oxygen atoms in total. The third-order valence-corrected chi connectivity index (χ3v) is 4.04. The van der Waals surface area contributed by atoms with Gasteiger partial charge in [0, 0.05) is 12.1 Å². The van der Waals surface area contributed by atoms with Crippen molar-refractivity contribution < 1.29 is 4.79 Å². The Bertz CT molecular complexity index is 212. The summed E-state index contributed by atoms with van der Waals surface area (Å²) < 4.78 is 0. The van der Waals surface area contributed by atoms with E-state index in [1.54, 1.807) is 0 Å². The van der Waals surface area contributed by atoms with Crippen LogP contribution in [0.2, 0.25) is 0 Å². The van der Waals surface area contributed by atoms with E-state index < -0.39 is 0 Å². The maximum Gasteiger partial charge on any atom is 0.236 e. The van der Waals surface area contributed by atoms with Crippen molar-refractivity contribution in [3.05, 3.63) is 0 Å². The summed E-state index contributed by atoms with van der Waals surface area (Å²) in [5, 5.41) is 0. The second-order valence-corrected chi connectivity index (χ2v) is 5.30. The summed E-state index contributed by atoms with van der Waals surface area (Å²) in [4.78, 5) is 13.8. The molecule has 1 amide bonds. The van der Waals surface area contributed by atoms with E-state index in [-0.39, 0.29) is 12.5 Å². The molecule has 0 spiro atoms. The van der Waals surface area contributed by atoms with Gasteiger partial charge in [-0.05, 0) is 37.2 Å². The molecule has 0 aromatic heterocycles. The number of thioether (sulfide) groups is 1. The molecule has 0 atom stereocenters. The molecule has 80 valence electrons. The first-order valence-electron chi connectivity index (χ1n) is 5.42. The van der Waals surface area contributed by atoms with Gasteiger partial charge in [0.2, 0.25) is 5.91 Å². The summed E-state index contributed by atoms with van der Waals surface area (Å²) in [7, 11) is 0. The molecule has 1 aliphatic heterocycles. The zero-order valence-electron chi connectivity index (χ0n) is 8.45. The van der Waals surface area contributed by atoms with Crippen molar-refractivity contribution in [1.29, 1.82) is 0 Å². The van der Waals surface area contributed by atoms with E-state index in [2.05, 4.69) is 4.90 Å². The summed E-state index contributed by atoms with van der Waals surface area (Å²) >= 11 is 2.00. The lowest BCUT2D eigenvalue weighted by atomic mass is 10.1. The van der Waals surface area contributed by atoms with Crippen LogP contribution in [0, 0.1) is 0 Å². The van der Waals surface area contributed by atoms with E-state index in [1.807, 2.05) is 11.8 Å². The lowest BCUT2D eigenvalue weighted by Crippen LogP contribution is -2.46. The van der Waals surface area contributed by atoms with E-state index in [0.717, 1.165) is 12.8 Å². The summed E-state index contributed by atoms with van der Waals surface area (Å²) in [6, 6.07) is 1.01. The fourth-order valence-electron chi connectivity index (χ4n) is 2.13. The molecule has 4 heteroatoms. The molecule has 0 aromatic rings. The highest BCUT2D eigenvalue weighted by Gasteiger charge is 2.36. The van der Waals surface area contributed by atoms with Gasteiger partial charge in [-0.25, -0.2) is 0 Å². The lowest BCUT2D eigenvalue weighted by Gasteiger charge is -2.34. The number of carbonyl (C=O) groups excluding carboxylic acids is 1. The molecule has 2 rings (SSSR count). The first-order valence-corrected chi connectivity index (χ1v) is 6.57. The van der Waals surface area contributed by atoms with Gasteiger partial charge < -0.3 is 10.6 Å². The van der Waals surface area contributed by atoms with Gasteiger partial charge in [0.25, 0.3) is 0 Å². The minimum Gasteiger partial charge on any atom is -0.336 e. The first kappa shape index (κ1) is 10.3. The van der Waals surface area contributed by atoms with Gasteiger partial charge in [-0.3, -0.25) is 4.79 Å². The van der Waals surface area contributed by atoms with Crippen LogP contribution in [0.3, 0.4) is 0 Å². The number of nitrogens with two attached hydrogens (primary N) is 1. The van der Waals surface area contributed by atoms with Crippen molar-refractivity contribution in [3.63, 3.8) is 0 Å². The summed E-state index contributed by atoms with van der Waals surface area (Å²) in [6.07, 6.45) is 4.70. The van der Waals surface area contributed by atoms with Crippen LogP contribution < -0.4 is 5.73 Å². The number of amides is 1. The standard InChI is InChI=1S/C10H18N2OS/c11-7-10(13)12(8-1-2-8)9-3-5-14-6-4-9/h8-9H,1-7,11H2. The second kappa shape index (κ2) is 4.53. The van der Waals surface area contributed by atoms with Crippen LogP contribution in [0.1, 0.15) is 25.7 Å². The predicted molar refractivity (Wildman–Crippen MR) is 59.3 cm³/mol. The van der Waals surface area contributed by atoms with E-state index in [1.165, 1.54) is 24.3 Å². The molecule has 0 radical (unpaired) electrons. The average molecular weight is 214 g/mol. The molecule has 2 N–H and O–H groups in total. The zero-order chi connectivity index (χ0) is 9.97. The molecule has 0 aromatic carbocycles.